The van der Waals surface area contributed by atoms with Gasteiger partial charge in [-0.3, -0.25) is 0 Å². The van der Waals surface area contributed by atoms with Gasteiger partial charge >= 0.3 is 0 Å². The van der Waals surface area contributed by atoms with Crippen molar-refractivity contribution in [2.45, 2.75) is 5.97 Å². The summed E-state index contributed by atoms with van der Waals surface area (Å²) in [5.41, 5.74) is 1.46. The van der Waals surface area contributed by atoms with Gasteiger partial charge in [0, 0.05) is 0 Å². The van der Waals surface area contributed by atoms with Crippen LogP contribution in [0.4, 0.5) is 0 Å². The third-order valence-electron chi connectivity index (χ3n) is 0.432. The van der Waals surface area contributed by atoms with Gasteiger partial charge in [-0.1, -0.05) is 5.70 Å². The minimum Gasteiger partial charge on any atom is -0.404 e. The second-order valence-electron chi connectivity index (χ2n) is 1.38. The fraction of sp³-hybridized carbons (Fsp3) is 0.500. The quantitative estimate of drug-likeness (QED) is 0.255. The zero-order chi connectivity index (χ0) is 7.33. The van der Waals surface area contributed by atoms with Crippen molar-refractivity contribution in [1.29, 1.82) is 0 Å². The first kappa shape index (κ1) is 8.80. The molecule has 2 radical (unpaired) electrons. The van der Waals surface area contributed by atoms with Crippen molar-refractivity contribution in [3.8, 4) is 0 Å². The molecule has 0 heterocycles. The van der Waals surface area contributed by atoms with Crippen molar-refractivity contribution < 1.29 is 19.7 Å². The lowest BCUT2D eigenvalue weighted by molar-refractivity contribution is -0.322. The maximum absolute atomic E-state index is 8.20. The average molecular weight is 148 g/mol. The van der Waals surface area contributed by atoms with E-state index in [0.717, 1.165) is 0 Å². The van der Waals surface area contributed by atoms with Crippen LogP contribution in [0.2, 0.25) is 0 Å². The highest BCUT2D eigenvalue weighted by atomic mass is 28.2. The molecule has 3 N–H and O–H groups in total. The van der Waals surface area contributed by atoms with E-state index in [2.05, 4.69) is 11.0 Å². The Morgan fingerprint density at radius 3 is 2.44 bits per heavy atom. The van der Waals surface area contributed by atoms with Crippen LogP contribution in [0.15, 0.2) is 12.3 Å². The summed E-state index contributed by atoms with van der Waals surface area (Å²) in [5.74, 6) is -2.71. The molecule has 0 saturated heterocycles. The van der Waals surface area contributed by atoms with Gasteiger partial charge in [-0.05, 0) is 0 Å². The van der Waals surface area contributed by atoms with Crippen molar-refractivity contribution in [3.63, 3.8) is 0 Å². The maximum atomic E-state index is 8.20. The van der Waals surface area contributed by atoms with Gasteiger partial charge < -0.3 is 19.7 Å². The summed E-state index contributed by atoms with van der Waals surface area (Å²) in [6, 6.07) is 0. The predicted molar refractivity (Wildman–Crippen MR) is 31.3 cm³/mol. The summed E-state index contributed by atoms with van der Waals surface area (Å²) in [6.45, 7) is 2.81. The summed E-state index contributed by atoms with van der Waals surface area (Å²) >= 11 is 0. The molecule has 0 aromatic carbocycles. The molecular weight excluding hydrogens is 140 g/mol. The highest BCUT2D eigenvalue weighted by Crippen LogP contribution is 1.90. The van der Waals surface area contributed by atoms with E-state index < -0.39 is 12.6 Å². The first-order valence-corrected chi connectivity index (χ1v) is 3.20. The number of hydrogen-bond donors (Lipinski definition) is 3. The highest BCUT2D eigenvalue weighted by molar-refractivity contribution is 6.34. The van der Waals surface area contributed by atoms with Crippen LogP contribution in [-0.2, 0) is 4.43 Å². The monoisotopic (exact) mass is 148 g/mol. The minimum atomic E-state index is -2.71. The van der Waals surface area contributed by atoms with Gasteiger partial charge in [-0.25, -0.2) is 0 Å². The lowest BCUT2D eigenvalue weighted by Gasteiger charge is -2.12. The smallest absolute Gasteiger partial charge is 0.298 e. The van der Waals surface area contributed by atoms with E-state index in [-0.39, 0.29) is 9.76 Å². The van der Waals surface area contributed by atoms with E-state index in [1.807, 2.05) is 0 Å². The van der Waals surface area contributed by atoms with Crippen LogP contribution < -0.4 is 0 Å². The van der Waals surface area contributed by atoms with Crippen molar-refractivity contribution in [1.82, 2.24) is 0 Å². The highest BCUT2D eigenvalue weighted by Gasteiger charge is 2.16. The van der Waals surface area contributed by atoms with Gasteiger partial charge in [0.1, 0.15) is 6.61 Å². The molecule has 0 spiro atoms. The molecule has 0 unspecified atom stereocenters. The first-order valence-electron chi connectivity index (χ1n) is 2.21. The van der Waals surface area contributed by atoms with Crippen LogP contribution in [0.25, 0.3) is 0 Å². The first-order chi connectivity index (χ1) is 4.06. The van der Waals surface area contributed by atoms with E-state index >= 15 is 0 Å². The molecule has 0 aliphatic heterocycles. The van der Waals surface area contributed by atoms with Crippen LogP contribution in [0.1, 0.15) is 0 Å². The minimum absolute atomic E-state index is 0.0277. The van der Waals surface area contributed by atoms with E-state index in [1.54, 1.807) is 0 Å². The molecule has 0 aromatic rings. The Morgan fingerprint density at radius 1 is 1.56 bits per heavy atom. The predicted octanol–water partition coefficient (Wildman–Crippen LogP) is -1.60. The molecule has 0 atom stereocenters. The van der Waals surface area contributed by atoms with Crippen molar-refractivity contribution >= 4 is 9.76 Å². The second-order valence-corrected chi connectivity index (χ2v) is 2.32. The number of hydrogen-bond acceptors (Lipinski definition) is 4. The third kappa shape index (κ3) is 7.80. The second kappa shape index (κ2) is 3.75. The molecule has 9 heavy (non-hydrogen) atoms. The van der Waals surface area contributed by atoms with Crippen molar-refractivity contribution in [3.05, 3.63) is 12.3 Å². The maximum Gasteiger partial charge on any atom is 0.298 e. The molecule has 0 bridgehead atoms. The summed E-state index contributed by atoms with van der Waals surface area (Å²) in [5, 5.41) is 24.6. The molecule has 0 aliphatic rings. The van der Waals surface area contributed by atoms with E-state index in [4.69, 9.17) is 15.3 Å². The van der Waals surface area contributed by atoms with Gasteiger partial charge in [-0.2, -0.15) is 0 Å². The number of rotatable bonds is 4. The summed E-state index contributed by atoms with van der Waals surface area (Å²) in [6.07, 6.45) is 0. The zero-order valence-corrected chi connectivity index (χ0v) is 5.74. The SMILES string of the molecule is C=C[Si]OCC(O)(O)O. The van der Waals surface area contributed by atoms with Gasteiger partial charge in [0.25, 0.3) is 15.7 Å². The normalized spacial score (nSPS) is 11.4. The van der Waals surface area contributed by atoms with Crippen LogP contribution in [0.3, 0.4) is 0 Å². The van der Waals surface area contributed by atoms with Crippen molar-refractivity contribution in [2.24, 2.45) is 0 Å². The van der Waals surface area contributed by atoms with Crippen LogP contribution in [0, 0.1) is 0 Å². The molecule has 0 aliphatic carbocycles. The summed E-state index contributed by atoms with van der Waals surface area (Å²) in [7, 11) is -0.0277. The molecule has 52 valence electrons. The van der Waals surface area contributed by atoms with Crippen LogP contribution >= 0.6 is 0 Å². The molecule has 5 heteroatoms. The van der Waals surface area contributed by atoms with E-state index in [1.165, 1.54) is 5.70 Å². The Labute approximate surface area is 55.3 Å². The molecule has 4 nitrogen and oxygen atoms in total. The molecular formula is C4H8O4Si. The standard InChI is InChI=1S/C4H8O4Si/c1-2-9-8-3-4(5,6)7/h2,5-7H,1,3H2. The van der Waals surface area contributed by atoms with Crippen molar-refractivity contribution in [2.75, 3.05) is 6.61 Å². The molecule has 0 rings (SSSR count). The Bertz CT molecular complexity index is 87.1. The summed E-state index contributed by atoms with van der Waals surface area (Å²) < 4.78 is 4.51. The molecule has 0 fully saturated rings. The molecule has 0 aromatic heterocycles. The van der Waals surface area contributed by atoms with Crippen LogP contribution in [-0.4, -0.2) is 37.7 Å². The van der Waals surface area contributed by atoms with Gasteiger partial charge in [0.15, 0.2) is 0 Å². The topological polar surface area (TPSA) is 69.9 Å². The fourth-order valence-electron chi connectivity index (χ4n) is 0.197. The van der Waals surface area contributed by atoms with Gasteiger partial charge in [0.05, 0.1) is 0 Å². The Morgan fingerprint density at radius 2 is 2.11 bits per heavy atom. The zero-order valence-electron chi connectivity index (χ0n) is 4.74. The summed E-state index contributed by atoms with van der Waals surface area (Å²) in [4.78, 5) is 0. The van der Waals surface area contributed by atoms with Gasteiger partial charge in [0.2, 0.25) is 0 Å². The lowest BCUT2D eigenvalue weighted by atomic mass is 10.6. The Hall–Kier alpha value is -0.203. The third-order valence-corrected chi connectivity index (χ3v) is 0.910. The Balaban J connectivity index is 3.17. The Kier molecular flexibility index (Phi) is 3.67. The fourth-order valence-corrected chi connectivity index (χ4v) is 0.592. The van der Waals surface area contributed by atoms with Gasteiger partial charge in [-0.15, -0.1) is 6.58 Å². The van der Waals surface area contributed by atoms with E-state index in [9.17, 15) is 0 Å². The largest absolute Gasteiger partial charge is 0.404 e. The molecule has 0 saturated carbocycles. The number of aliphatic hydroxyl groups is 3. The lowest BCUT2D eigenvalue weighted by Crippen LogP contribution is -2.33. The average Bonchev–Trinajstić information content (AvgIpc) is 1.63. The molecule has 0 amide bonds. The van der Waals surface area contributed by atoms with E-state index in [0.29, 0.717) is 0 Å². The van der Waals surface area contributed by atoms with Crippen LogP contribution in [0.5, 0.6) is 0 Å².